The van der Waals surface area contributed by atoms with E-state index in [-0.39, 0.29) is 28.4 Å². The largest absolute Gasteiger partial charge is 0.467 e. The van der Waals surface area contributed by atoms with Gasteiger partial charge in [-0.1, -0.05) is 27.7 Å². The zero-order chi connectivity index (χ0) is 28.2. The van der Waals surface area contributed by atoms with Gasteiger partial charge in [0.15, 0.2) is 0 Å². The van der Waals surface area contributed by atoms with Gasteiger partial charge in [-0.3, -0.25) is 29.4 Å². The summed E-state index contributed by atoms with van der Waals surface area (Å²) in [7, 11) is 0. The van der Waals surface area contributed by atoms with Gasteiger partial charge in [-0.25, -0.2) is 0 Å². The molecule has 40 heavy (non-hydrogen) atoms. The van der Waals surface area contributed by atoms with Crippen LogP contribution in [0.15, 0.2) is 116 Å². The van der Waals surface area contributed by atoms with E-state index in [0.29, 0.717) is 22.0 Å². The number of anilines is 2. The minimum atomic E-state index is -0.535. The van der Waals surface area contributed by atoms with Crippen molar-refractivity contribution >= 4 is 62.5 Å². The van der Waals surface area contributed by atoms with E-state index < -0.39 is 22.6 Å². The van der Waals surface area contributed by atoms with E-state index in [4.69, 9.17) is 4.42 Å². The maximum atomic E-state index is 13.4. The number of halogens is 1. The Labute approximate surface area is 240 Å². The molecule has 5 rings (SSSR count). The summed E-state index contributed by atoms with van der Waals surface area (Å²) in [6.07, 6.45) is 1.48. The number of carbonyl (C=O) groups is 3. The minimum absolute atomic E-state index is 0.00609. The first-order valence-corrected chi connectivity index (χ1v) is 13.4. The highest BCUT2D eigenvalue weighted by molar-refractivity contribution is 9.10. The van der Waals surface area contributed by atoms with Crippen molar-refractivity contribution in [3.05, 3.63) is 128 Å². The van der Waals surface area contributed by atoms with Gasteiger partial charge in [0, 0.05) is 38.4 Å². The molecule has 1 aliphatic heterocycles. The third kappa shape index (κ3) is 5.98. The number of hydrogen-bond donors (Lipinski definition) is 2. The van der Waals surface area contributed by atoms with E-state index in [1.165, 1.54) is 30.5 Å². The highest BCUT2D eigenvalue weighted by Crippen LogP contribution is 2.37. The van der Waals surface area contributed by atoms with Crippen LogP contribution in [0.4, 0.5) is 17.1 Å². The van der Waals surface area contributed by atoms with Gasteiger partial charge in [0.2, 0.25) is 0 Å². The van der Waals surface area contributed by atoms with Crippen molar-refractivity contribution in [2.75, 3.05) is 10.6 Å². The third-order valence-corrected chi connectivity index (χ3v) is 7.42. The number of amides is 3. The topological polar surface area (TPSA) is 135 Å². The number of rotatable bonds is 9. The lowest BCUT2D eigenvalue weighted by Crippen LogP contribution is -2.31. The molecule has 0 spiro atoms. The molecule has 0 bridgehead atoms. The Bertz CT molecular complexity index is 1620. The Morgan fingerprint density at radius 2 is 1.60 bits per heavy atom. The molecule has 3 amide bonds. The van der Waals surface area contributed by atoms with Crippen molar-refractivity contribution in [3.8, 4) is 0 Å². The van der Waals surface area contributed by atoms with Crippen LogP contribution in [0, 0.1) is 10.1 Å². The Morgan fingerprint density at radius 1 is 0.925 bits per heavy atom. The van der Waals surface area contributed by atoms with E-state index in [2.05, 4.69) is 26.6 Å². The Balaban J connectivity index is 1.34. The number of hydrogen-bond acceptors (Lipinski definition) is 8. The first kappa shape index (κ1) is 26.9. The second kappa shape index (κ2) is 11.6. The van der Waals surface area contributed by atoms with Gasteiger partial charge in [-0.2, -0.15) is 0 Å². The number of furan rings is 1. The molecule has 0 atom stereocenters. The Kier molecular flexibility index (Phi) is 7.80. The molecule has 3 aromatic carbocycles. The Hall–Kier alpha value is -4.68. The first-order valence-electron chi connectivity index (χ1n) is 11.8. The number of benzene rings is 3. The van der Waals surface area contributed by atoms with Crippen LogP contribution in [0.5, 0.6) is 0 Å². The maximum Gasteiger partial charge on any atom is 0.278 e. The van der Waals surface area contributed by atoms with Gasteiger partial charge in [-0.15, -0.1) is 0 Å². The number of nitrogens with zero attached hydrogens (tertiary/aromatic N) is 2. The van der Waals surface area contributed by atoms with Crippen LogP contribution in [-0.2, 0) is 16.1 Å². The lowest BCUT2D eigenvalue weighted by Gasteiger charge is -2.13. The predicted molar refractivity (Wildman–Crippen MR) is 152 cm³/mol. The quantitative estimate of drug-likeness (QED) is 0.129. The van der Waals surface area contributed by atoms with Crippen LogP contribution in [0.25, 0.3) is 0 Å². The molecule has 0 saturated heterocycles. The monoisotopic (exact) mass is 618 g/mol. The number of imide groups is 1. The van der Waals surface area contributed by atoms with E-state index in [1.54, 1.807) is 48.5 Å². The molecule has 0 aliphatic carbocycles. The molecular formula is C28H19BrN4O6S. The second-order valence-electron chi connectivity index (χ2n) is 8.50. The van der Waals surface area contributed by atoms with Crippen molar-refractivity contribution in [3.63, 3.8) is 0 Å². The molecule has 1 aromatic heterocycles. The summed E-state index contributed by atoms with van der Waals surface area (Å²) in [6.45, 7) is -0.00609. The fourth-order valence-electron chi connectivity index (χ4n) is 3.80. The standard InChI is InChI=1S/C28H19BrN4O6S/c29-18-5-7-19(8-6-18)30-24-25(28(36)32(27(24)35)16-22-2-1-15-39-22)40-23-13-9-20(10-14-23)31-26(34)17-3-11-21(12-4-17)33(37)38/h1-15,30H,16H2,(H,31,34). The van der Waals surface area contributed by atoms with Gasteiger partial charge in [0.1, 0.15) is 16.4 Å². The zero-order valence-electron chi connectivity index (χ0n) is 20.5. The summed E-state index contributed by atoms with van der Waals surface area (Å²) >= 11 is 4.51. The van der Waals surface area contributed by atoms with E-state index >= 15 is 0 Å². The van der Waals surface area contributed by atoms with Crippen molar-refractivity contribution < 1.29 is 23.7 Å². The zero-order valence-corrected chi connectivity index (χ0v) is 22.9. The summed E-state index contributed by atoms with van der Waals surface area (Å²) in [5.41, 5.74) is 1.44. The van der Waals surface area contributed by atoms with E-state index in [0.717, 1.165) is 21.1 Å². The van der Waals surface area contributed by atoms with Crippen LogP contribution in [0.1, 0.15) is 16.1 Å². The van der Waals surface area contributed by atoms with Crippen LogP contribution in [0.3, 0.4) is 0 Å². The van der Waals surface area contributed by atoms with Gasteiger partial charge < -0.3 is 15.1 Å². The highest BCUT2D eigenvalue weighted by Gasteiger charge is 2.39. The van der Waals surface area contributed by atoms with Crippen molar-refractivity contribution in [1.29, 1.82) is 0 Å². The van der Waals surface area contributed by atoms with Gasteiger partial charge >= 0.3 is 0 Å². The fraction of sp³-hybridized carbons (Fsp3) is 0.0357. The van der Waals surface area contributed by atoms with Gasteiger partial charge in [-0.05, 0) is 72.8 Å². The van der Waals surface area contributed by atoms with Crippen molar-refractivity contribution in [2.45, 2.75) is 11.4 Å². The molecule has 200 valence electrons. The number of nitro benzene ring substituents is 1. The van der Waals surface area contributed by atoms with Crippen LogP contribution in [0.2, 0.25) is 0 Å². The number of thioether (sulfide) groups is 1. The Morgan fingerprint density at radius 3 is 2.23 bits per heavy atom. The summed E-state index contributed by atoms with van der Waals surface area (Å²) in [5, 5.41) is 16.7. The normalized spacial score (nSPS) is 13.1. The van der Waals surface area contributed by atoms with E-state index in [9.17, 15) is 24.5 Å². The molecular weight excluding hydrogens is 600 g/mol. The van der Waals surface area contributed by atoms with Gasteiger partial charge in [0.05, 0.1) is 17.7 Å². The van der Waals surface area contributed by atoms with Crippen molar-refractivity contribution in [2.24, 2.45) is 0 Å². The number of carbonyl (C=O) groups excluding carboxylic acids is 3. The third-order valence-electron chi connectivity index (χ3n) is 5.81. The molecule has 2 N–H and O–H groups in total. The first-order chi connectivity index (χ1) is 19.3. The lowest BCUT2D eigenvalue weighted by molar-refractivity contribution is -0.384. The smallest absolute Gasteiger partial charge is 0.278 e. The molecule has 1 aliphatic rings. The SMILES string of the molecule is O=C(Nc1ccc(SC2=C(Nc3ccc(Br)cc3)C(=O)N(Cc3ccco3)C2=O)cc1)c1ccc([N+](=O)[O-])cc1. The van der Waals surface area contributed by atoms with Crippen LogP contribution >= 0.6 is 27.7 Å². The number of nitrogens with one attached hydrogen (secondary N) is 2. The minimum Gasteiger partial charge on any atom is -0.467 e. The summed E-state index contributed by atoms with van der Waals surface area (Å²) in [6, 6.07) is 22.6. The average Bonchev–Trinajstić information content (AvgIpc) is 3.54. The van der Waals surface area contributed by atoms with Crippen LogP contribution in [-0.4, -0.2) is 27.5 Å². The molecule has 2 heterocycles. The van der Waals surface area contributed by atoms with E-state index in [1.807, 2.05) is 12.1 Å². The maximum absolute atomic E-state index is 13.4. The fourth-order valence-corrected chi connectivity index (χ4v) is 5.01. The number of non-ortho nitro benzene ring substituents is 1. The number of nitro groups is 1. The molecule has 4 aromatic rings. The lowest BCUT2D eigenvalue weighted by atomic mass is 10.2. The second-order valence-corrected chi connectivity index (χ2v) is 10.5. The molecule has 0 unspecified atom stereocenters. The highest BCUT2D eigenvalue weighted by atomic mass is 79.9. The predicted octanol–water partition coefficient (Wildman–Crippen LogP) is 6.19. The molecule has 12 heteroatoms. The summed E-state index contributed by atoms with van der Waals surface area (Å²) < 4.78 is 6.21. The van der Waals surface area contributed by atoms with Gasteiger partial charge in [0.25, 0.3) is 23.4 Å². The molecule has 0 fully saturated rings. The molecule has 0 radical (unpaired) electrons. The summed E-state index contributed by atoms with van der Waals surface area (Å²) in [4.78, 5) is 51.5. The molecule has 0 saturated carbocycles. The molecule has 10 nitrogen and oxygen atoms in total. The summed E-state index contributed by atoms with van der Waals surface area (Å²) in [5.74, 6) is -0.881. The van der Waals surface area contributed by atoms with Crippen LogP contribution < -0.4 is 10.6 Å². The average molecular weight is 619 g/mol. The van der Waals surface area contributed by atoms with Crippen molar-refractivity contribution in [1.82, 2.24) is 4.90 Å².